The van der Waals surface area contributed by atoms with E-state index < -0.39 is 12.1 Å². The molecule has 2 atom stereocenters. The fraction of sp³-hybridized carbons (Fsp3) is 0.375. The second-order valence-electron chi connectivity index (χ2n) is 11.0. The number of imidazole rings is 1. The highest BCUT2D eigenvalue weighted by Gasteiger charge is 2.30. The van der Waals surface area contributed by atoms with Crippen molar-refractivity contribution in [1.29, 1.82) is 0 Å². The van der Waals surface area contributed by atoms with Crippen molar-refractivity contribution >= 4 is 28.6 Å². The first-order valence-corrected chi connectivity index (χ1v) is 14.6. The van der Waals surface area contributed by atoms with Gasteiger partial charge in [-0.15, -0.1) is 0 Å². The summed E-state index contributed by atoms with van der Waals surface area (Å²) in [5, 5.41) is 18.7. The number of rotatable bonds is 11. The molecule has 2 aliphatic rings. The first-order chi connectivity index (χ1) is 20.4. The molecule has 9 nitrogen and oxygen atoms in total. The minimum atomic E-state index is -0.981. The van der Waals surface area contributed by atoms with Crippen molar-refractivity contribution in [1.82, 2.24) is 14.9 Å². The molecule has 3 N–H and O–H groups in total. The Kier molecular flexibility index (Phi) is 8.73. The van der Waals surface area contributed by atoms with Crippen LogP contribution >= 0.6 is 11.6 Å². The zero-order valence-corrected chi connectivity index (χ0v) is 23.9. The Bertz CT molecular complexity index is 1520. The number of H-pyrrole nitrogens is 1. The van der Waals surface area contributed by atoms with E-state index in [1.54, 1.807) is 0 Å². The Morgan fingerprint density at radius 3 is 2.50 bits per heavy atom. The third-order valence-corrected chi connectivity index (χ3v) is 8.16. The second-order valence-corrected chi connectivity index (χ2v) is 11.4. The lowest BCUT2D eigenvalue weighted by Crippen LogP contribution is -2.48. The number of nitrogens with zero attached hydrogens (tertiary/aromatic N) is 2. The molecule has 4 aromatic rings. The molecule has 3 heterocycles. The molecule has 42 heavy (non-hydrogen) atoms. The summed E-state index contributed by atoms with van der Waals surface area (Å²) in [7, 11) is 0. The third-order valence-electron chi connectivity index (χ3n) is 7.85. The van der Waals surface area contributed by atoms with Crippen LogP contribution in [0, 0.1) is 5.92 Å². The summed E-state index contributed by atoms with van der Waals surface area (Å²) in [6.07, 6.45) is -0.279. The van der Waals surface area contributed by atoms with Gasteiger partial charge in [-0.3, -0.25) is 4.90 Å². The zero-order valence-electron chi connectivity index (χ0n) is 23.2. The number of aromatic amines is 1. The molecular weight excluding hydrogens is 558 g/mol. The summed E-state index contributed by atoms with van der Waals surface area (Å²) in [5.41, 5.74) is 6.88. The molecule has 0 spiro atoms. The monoisotopic (exact) mass is 591 g/mol. The van der Waals surface area contributed by atoms with Crippen molar-refractivity contribution < 1.29 is 29.2 Å². The number of benzene rings is 3. The van der Waals surface area contributed by atoms with Gasteiger partial charge in [0.1, 0.15) is 6.10 Å². The van der Waals surface area contributed by atoms with E-state index in [9.17, 15) is 9.90 Å². The number of likely N-dealkylation sites (tertiary alicyclic amines) is 1. The van der Waals surface area contributed by atoms with Crippen molar-refractivity contribution in [3.05, 3.63) is 71.2 Å². The molecule has 2 saturated heterocycles. The number of hydrogen-bond acceptors (Lipinski definition) is 7. The number of fused-ring (bicyclic) bond motifs is 1. The largest absolute Gasteiger partial charge is 0.479 e. The average Bonchev–Trinajstić information content (AvgIpc) is 3.36. The Hall–Kier alpha value is -3.47. The molecule has 0 unspecified atom stereocenters. The molecule has 10 heteroatoms. The maximum Gasteiger partial charge on any atom is 0.332 e. The summed E-state index contributed by atoms with van der Waals surface area (Å²) in [6, 6.07) is 21.1. The first kappa shape index (κ1) is 28.6. The van der Waals surface area contributed by atoms with Crippen LogP contribution in [0.1, 0.15) is 18.4 Å². The normalized spacial score (nSPS) is 19.6. The molecule has 0 radical (unpaired) electrons. The van der Waals surface area contributed by atoms with Gasteiger partial charge >= 0.3 is 5.97 Å². The van der Waals surface area contributed by atoms with Crippen LogP contribution in [0.3, 0.4) is 0 Å². The summed E-state index contributed by atoms with van der Waals surface area (Å²) >= 11 is 6.67. The number of carboxylic acids is 1. The van der Waals surface area contributed by atoms with Gasteiger partial charge in [0.2, 0.25) is 0 Å². The van der Waals surface area contributed by atoms with Crippen LogP contribution in [0.4, 0.5) is 0 Å². The number of aliphatic hydroxyl groups excluding tert-OH is 1. The molecule has 3 aromatic carbocycles. The molecule has 2 aliphatic heterocycles. The van der Waals surface area contributed by atoms with Gasteiger partial charge < -0.3 is 29.4 Å². The van der Waals surface area contributed by atoms with Crippen LogP contribution in [0.5, 0.6) is 6.01 Å². The van der Waals surface area contributed by atoms with E-state index in [1.165, 1.54) is 5.56 Å². The summed E-state index contributed by atoms with van der Waals surface area (Å²) in [4.78, 5) is 21.4. The van der Waals surface area contributed by atoms with Crippen molar-refractivity contribution in [2.24, 2.45) is 5.92 Å². The second kappa shape index (κ2) is 12.8. The van der Waals surface area contributed by atoms with Gasteiger partial charge in [0.05, 0.1) is 42.5 Å². The number of nitrogens with one attached hydrogen (secondary N) is 1. The highest BCUT2D eigenvalue weighted by Crippen LogP contribution is 2.34. The van der Waals surface area contributed by atoms with Gasteiger partial charge in [-0.1, -0.05) is 60.1 Å². The maximum absolute atomic E-state index is 11.3. The van der Waals surface area contributed by atoms with Crippen molar-refractivity contribution in [3.8, 4) is 28.3 Å². The van der Waals surface area contributed by atoms with E-state index in [2.05, 4.69) is 63.4 Å². The molecule has 1 aromatic heterocycles. The van der Waals surface area contributed by atoms with Crippen LogP contribution in [0.15, 0.2) is 60.7 Å². The third kappa shape index (κ3) is 6.61. The highest BCUT2D eigenvalue weighted by molar-refractivity contribution is 6.34. The Labute approximate surface area is 249 Å². The molecule has 6 rings (SSSR count). The van der Waals surface area contributed by atoms with Crippen molar-refractivity contribution in [2.75, 3.05) is 39.5 Å². The van der Waals surface area contributed by atoms with Gasteiger partial charge in [-0.2, -0.15) is 4.98 Å². The van der Waals surface area contributed by atoms with Gasteiger partial charge in [0.25, 0.3) is 6.01 Å². The molecule has 220 valence electrons. The van der Waals surface area contributed by atoms with E-state index in [0.717, 1.165) is 59.5 Å². The summed E-state index contributed by atoms with van der Waals surface area (Å²) in [5.74, 6) is -0.427. The fourth-order valence-corrected chi connectivity index (χ4v) is 5.89. The quantitative estimate of drug-likeness (QED) is 0.209. The van der Waals surface area contributed by atoms with E-state index >= 15 is 0 Å². The number of halogens is 1. The predicted octanol–water partition coefficient (Wildman–Crippen LogP) is 5.00. The highest BCUT2D eigenvalue weighted by atomic mass is 35.5. The lowest BCUT2D eigenvalue weighted by atomic mass is 9.98. The van der Waals surface area contributed by atoms with Crippen LogP contribution in [-0.2, 0) is 20.8 Å². The maximum atomic E-state index is 11.3. The minimum absolute atomic E-state index is 0.0776. The van der Waals surface area contributed by atoms with Crippen LogP contribution < -0.4 is 4.74 Å². The van der Waals surface area contributed by atoms with E-state index in [4.69, 9.17) is 30.9 Å². The van der Waals surface area contributed by atoms with Crippen LogP contribution in [0.25, 0.3) is 33.3 Å². The number of carbonyl (C=O) groups is 1. The first-order valence-electron chi connectivity index (χ1n) is 14.3. The molecule has 2 fully saturated rings. The number of hydrogen-bond donors (Lipinski definition) is 3. The van der Waals surface area contributed by atoms with Crippen LogP contribution in [-0.4, -0.2) is 82.8 Å². The molecule has 0 amide bonds. The smallest absolute Gasteiger partial charge is 0.332 e. The van der Waals surface area contributed by atoms with E-state index in [-0.39, 0.29) is 19.1 Å². The molecule has 0 saturated carbocycles. The van der Waals surface area contributed by atoms with Gasteiger partial charge in [-0.05, 0) is 34.4 Å². The average molecular weight is 592 g/mol. The molecule has 0 aliphatic carbocycles. The number of aromatic nitrogens is 2. The lowest BCUT2D eigenvalue weighted by Gasteiger charge is -2.39. The Morgan fingerprint density at radius 2 is 1.79 bits per heavy atom. The van der Waals surface area contributed by atoms with E-state index in [1.807, 2.05) is 12.1 Å². The Balaban J connectivity index is 1.08. The Morgan fingerprint density at radius 1 is 1.07 bits per heavy atom. The molecule has 0 bridgehead atoms. The van der Waals surface area contributed by atoms with Gasteiger partial charge in [-0.25, -0.2) is 4.79 Å². The fourth-order valence-electron chi connectivity index (χ4n) is 5.62. The number of carboxylic acid groups (broad SMARTS) is 1. The van der Waals surface area contributed by atoms with Crippen molar-refractivity contribution in [3.63, 3.8) is 0 Å². The van der Waals surface area contributed by atoms with Crippen LogP contribution in [0.2, 0.25) is 5.02 Å². The number of aliphatic carboxylic acids is 1. The zero-order chi connectivity index (χ0) is 29.1. The lowest BCUT2D eigenvalue weighted by molar-refractivity contribution is -0.156. The van der Waals surface area contributed by atoms with Gasteiger partial charge in [0.15, 0.2) is 6.10 Å². The number of ether oxygens (including phenoxy) is 3. The SMILES string of the molecule is O=C(O)[C@H]1C[C@@H](Oc2nc3cc(-c4ccc(-c5ccc(CN6CC(COCCO)C6)cc5)cc4)c(Cl)cc3[nH]2)CCO1. The number of aliphatic hydroxyl groups is 1. The topological polar surface area (TPSA) is 117 Å². The minimum Gasteiger partial charge on any atom is -0.479 e. The molecular formula is C32H34ClN3O6. The predicted molar refractivity (Wildman–Crippen MR) is 160 cm³/mol. The summed E-state index contributed by atoms with van der Waals surface area (Å²) in [6.45, 7) is 4.52. The summed E-state index contributed by atoms with van der Waals surface area (Å²) < 4.78 is 16.7. The van der Waals surface area contributed by atoms with E-state index in [0.29, 0.717) is 36.6 Å². The standard InChI is InChI=1S/C32H34ClN3O6/c33-27-15-29-28(34-32(35-29)42-25-9-11-41-30(13-25)31(38)39)14-26(27)24-7-5-23(6-8-24)22-3-1-20(2-4-22)16-36-17-21(18-36)19-40-12-10-37/h1-8,14-15,21,25,30,37H,9-13,16-19H2,(H,34,35)(H,38,39)/t25-,30+/m0/s1. The van der Waals surface area contributed by atoms with Crippen molar-refractivity contribution in [2.45, 2.75) is 31.6 Å². The van der Waals surface area contributed by atoms with Gasteiger partial charge in [0, 0.05) is 44.0 Å².